The molecule has 7 heteroatoms. The van der Waals surface area contributed by atoms with Crippen molar-refractivity contribution in [2.24, 2.45) is 7.05 Å². The Bertz CT molecular complexity index is 629. The van der Waals surface area contributed by atoms with Crippen molar-refractivity contribution in [2.45, 2.75) is 0 Å². The highest BCUT2D eigenvalue weighted by Gasteiger charge is 2.14. The summed E-state index contributed by atoms with van der Waals surface area (Å²) in [6.45, 7) is 3.10. The van der Waals surface area contributed by atoms with Crippen LogP contribution in [0.4, 0.5) is 5.95 Å². The Morgan fingerprint density at radius 3 is 2.84 bits per heavy atom. The smallest absolute Gasteiger partial charge is 0.204 e. The molecule has 0 aromatic carbocycles. The number of aryl methyl sites for hydroxylation is 1. The van der Waals surface area contributed by atoms with Crippen molar-refractivity contribution in [1.82, 2.24) is 19.7 Å². The molecule has 2 aromatic rings. The second-order valence-electron chi connectivity index (χ2n) is 4.46. The lowest BCUT2D eigenvalue weighted by molar-refractivity contribution is 0.122. The minimum atomic E-state index is 0.582. The van der Waals surface area contributed by atoms with Gasteiger partial charge in [-0.1, -0.05) is 12.2 Å². The van der Waals surface area contributed by atoms with Gasteiger partial charge in [0.1, 0.15) is 4.64 Å². The van der Waals surface area contributed by atoms with Crippen LogP contribution in [0.3, 0.4) is 0 Å². The Morgan fingerprint density at radius 1 is 1.37 bits per heavy atom. The van der Waals surface area contributed by atoms with Crippen LogP contribution >= 0.6 is 12.2 Å². The molecule has 2 aromatic heterocycles. The third-order valence-electron chi connectivity index (χ3n) is 3.06. The maximum absolute atomic E-state index is 5.35. The molecule has 0 amide bonds. The maximum atomic E-state index is 5.35. The van der Waals surface area contributed by atoms with Crippen LogP contribution < -0.4 is 4.90 Å². The van der Waals surface area contributed by atoms with E-state index in [1.54, 1.807) is 4.68 Å². The molecule has 1 fully saturated rings. The average Bonchev–Trinajstić information content (AvgIpc) is 2.86. The first kappa shape index (κ1) is 12.3. The molecule has 1 N–H and O–H groups in total. The topological polar surface area (TPSA) is 59.0 Å². The fraction of sp³-hybridized carbons (Fsp3) is 0.417. The molecule has 100 valence electrons. The zero-order valence-electron chi connectivity index (χ0n) is 10.7. The van der Waals surface area contributed by atoms with E-state index in [4.69, 9.17) is 17.0 Å². The number of H-pyrrole nitrogens is 1. The van der Waals surface area contributed by atoms with E-state index < -0.39 is 0 Å². The quantitative estimate of drug-likeness (QED) is 0.840. The Labute approximate surface area is 116 Å². The van der Waals surface area contributed by atoms with Crippen LogP contribution in [0, 0.1) is 4.64 Å². The summed E-state index contributed by atoms with van der Waals surface area (Å²) >= 11 is 5.25. The first-order chi connectivity index (χ1) is 9.22. The van der Waals surface area contributed by atoms with E-state index in [1.807, 2.05) is 25.5 Å². The number of aromatic nitrogens is 4. The summed E-state index contributed by atoms with van der Waals surface area (Å²) in [4.78, 5) is 9.87. The van der Waals surface area contributed by atoms with Gasteiger partial charge in [-0.05, 0) is 6.07 Å². The summed E-state index contributed by atoms with van der Waals surface area (Å²) in [7, 11) is 1.89. The standard InChI is InChI=1S/C12H15N5OS/c1-16-8-9(7-13-16)10-6-11(19)15-12(14-10)17-2-4-18-5-3-17/h6-8H,2-5H2,1H3,(H,14,15,19). The number of rotatable bonds is 2. The molecule has 0 saturated carbocycles. The summed E-state index contributed by atoms with van der Waals surface area (Å²) < 4.78 is 7.69. The van der Waals surface area contributed by atoms with Crippen LogP contribution in [0.1, 0.15) is 0 Å². The van der Waals surface area contributed by atoms with Crippen molar-refractivity contribution in [1.29, 1.82) is 0 Å². The summed E-state index contributed by atoms with van der Waals surface area (Å²) in [6, 6.07) is 1.86. The van der Waals surface area contributed by atoms with E-state index in [0.29, 0.717) is 4.64 Å². The molecule has 0 radical (unpaired) electrons. The van der Waals surface area contributed by atoms with E-state index in [2.05, 4.69) is 20.0 Å². The molecule has 1 aliphatic heterocycles. The normalized spacial score (nSPS) is 15.7. The van der Waals surface area contributed by atoms with Gasteiger partial charge in [0.25, 0.3) is 0 Å². The minimum absolute atomic E-state index is 0.582. The Kier molecular flexibility index (Phi) is 3.31. The molecule has 6 nitrogen and oxygen atoms in total. The number of nitrogens with one attached hydrogen (secondary N) is 1. The number of morpholine rings is 1. The van der Waals surface area contributed by atoms with E-state index in [1.165, 1.54) is 0 Å². The Morgan fingerprint density at radius 2 is 2.16 bits per heavy atom. The molecule has 0 unspecified atom stereocenters. The van der Waals surface area contributed by atoms with Crippen molar-refractivity contribution in [3.63, 3.8) is 0 Å². The molecule has 0 aliphatic carbocycles. The first-order valence-electron chi connectivity index (χ1n) is 6.15. The van der Waals surface area contributed by atoms with Gasteiger partial charge in [-0.2, -0.15) is 5.10 Å². The fourth-order valence-corrected chi connectivity index (χ4v) is 2.29. The van der Waals surface area contributed by atoms with Crippen LogP contribution in [0.25, 0.3) is 11.3 Å². The molecular weight excluding hydrogens is 262 g/mol. The molecule has 0 spiro atoms. The fourth-order valence-electron chi connectivity index (χ4n) is 2.09. The second kappa shape index (κ2) is 5.10. The van der Waals surface area contributed by atoms with Crippen LogP contribution in [0.2, 0.25) is 0 Å². The highest BCUT2D eigenvalue weighted by Crippen LogP contribution is 2.19. The minimum Gasteiger partial charge on any atom is -0.378 e. The lowest BCUT2D eigenvalue weighted by atomic mass is 10.2. The predicted molar refractivity (Wildman–Crippen MR) is 74.7 cm³/mol. The van der Waals surface area contributed by atoms with Gasteiger partial charge in [-0.3, -0.25) is 4.68 Å². The van der Waals surface area contributed by atoms with E-state index in [0.717, 1.165) is 43.5 Å². The molecule has 19 heavy (non-hydrogen) atoms. The van der Waals surface area contributed by atoms with Gasteiger partial charge in [0.05, 0.1) is 25.1 Å². The number of ether oxygens (including phenoxy) is 1. The monoisotopic (exact) mass is 277 g/mol. The zero-order chi connectivity index (χ0) is 13.2. The predicted octanol–water partition coefficient (Wildman–Crippen LogP) is 1.38. The number of nitrogens with zero attached hydrogens (tertiary/aromatic N) is 4. The van der Waals surface area contributed by atoms with Gasteiger partial charge in [0.15, 0.2) is 0 Å². The van der Waals surface area contributed by atoms with Gasteiger partial charge in [0, 0.05) is 31.9 Å². The third-order valence-corrected chi connectivity index (χ3v) is 3.27. The highest BCUT2D eigenvalue weighted by molar-refractivity contribution is 7.71. The van der Waals surface area contributed by atoms with E-state index in [-0.39, 0.29) is 0 Å². The second-order valence-corrected chi connectivity index (χ2v) is 4.88. The summed E-state index contributed by atoms with van der Waals surface area (Å²) in [5.41, 5.74) is 1.94. The largest absolute Gasteiger partial charge is 0.378 e. The van der Waals surface area contributed by atoms with Gasteiger partial charge < -0.3 is 14.6 Å². The molecule has 1 aliphatic rings. The van der Waals surface area contributed by atoms with Crippen molar-refractivity contribution in [2.75, 3.05) is 31.2 Å². The van der Waals surface area contributed by atoms with Crippen LogP contribution in [0.5, 0.6) is 0 Å². The van der Waals surface area contributed by atoms with Crippen molar-refractivity contribution in [3.8, 4) is 11.3 Å². The SMILES string of the molecule is Cn1cc(-c2cc(=S)nc(N3CCOCC3)[nH]2)cn1. The van der Waals surface area contributed by atoms with Gasteiger partial charge in [-0.15, -0.1) is 0 Å². The lowest BCUT2D eigenvalue weighted by Gasteiger charge is -2.27. The van der Waals surface area contributed by atoms with Crippen LogP contribution in [0.15, 0.2) is 18.5 Å². The van der Waals surface area contributed by atoms with Crippen molar-refractivity contribution in [3.05, 3.63) is 23.1 Å². The molecule has 1 saturated heterocycles. The number of anilines is 1. The highest BCUT2D eigenvalue weighted by atomic mass is 32.1. The third kappa shape index (κ3) is 2.66. The van der Waals surface area contributed by atoms with E-state index >= 15 is 0 Å². The summed E-state index contributed by atoms with van der Waals surface area (Å²) in [5.74, 6) is 0.801. The van der Waals surface area contributed by atoms with Gasteiger partial charge in [-0.25, -0.2) is 4.98 Å². The summed E-state index contributed by atoms with van der Waals surface area (Å²) in [5, 5.41) is 4.17. The molecule has 0 bridgehead atoms. The van der Waals surface area contributed by atoms with Crippen molar-refractivity contribution >= 4 is 18.2 Å². The molecular formula is C12H15N5OS. The number of hydrogen-bond acceptors (Lipinski definition) is 5. The van der Waals surface area contributed by atoms with E-state index in [9.17, 15) is 0 Å². The molecule has 3 heterocycles. The summed E-state index contributed by atoms with van der Waals surface area (Å²) in [6.07, 6.45) is 3.76. The van der Waals surface area contributed by atoms with Gasteiger partial charge in [0.2, 0.25) is 5.95 Å². The van der Waals surface area contributed by atoms with Crippen LogP contribution in [-0.2, 0) is 11.8 Å². The molecule has 0 atom stereocenters. The molecule has 3 rings (SSSR count). The Hall–Kier alpha value is -1.73. The van der Waals surface area contributed by atoms with Gasteiger partial charge >= 0.3 is 0 Å². The number of aromatic amines is 1. The lowest BCUT2D eigenvalue weighted by Crippen LogP contribution is -2.37. The van der Waals surface area contributed by atoms with Crippen LogP contribution in [-0.4, -0.2) is 46.1 Å². The number of hydrogen-bond donors (Lipinski definition) is 1. The average molecular weight is 277 g/mol. The zero-order valence-corrected chi connectivity index (χ0v) is 11.5. The first-order valence-corrected chi connectivity index (χ1v) is 6.56. The van der Waals surface area contributed by atoms with Crippen molar-refractivity contribution < 1.29 is 4.74 Å². The maximum Gasteiger partial charge on any atom is 0.204 e. The Balaban J connectivity index is 1.98.